The van der Waals surface area contributed by atoms with Crippen molar-refractivity contribution >= 4 is 11.8 Å². The summed E-state index contributed by atoms with van der Waals surface area (Å²) in [4.78, 5) is 26.1. The lowest BCUT2D eigenvalue weighted by Gasteiger charge is -2.26. The standard InChI is InChI=1S/C8H12N2O2/c1-9-4-5-3-6(9)8(12)10(2)7(5)11/h5-6H,3-4H2,1-2H3. The Labute approximate surface area is 71.1 Å². The van der Waals surface area contributed by atoms with Crippen LogP contribution in [0.3, 0.4) is 0 Å². The molecule has 2 atom stereocenters. The zero-order valence-electron chi connectivity index (χ0n) is 7.28. The SMILES string of the molecule is CN1C(=O)C2CC(C1=O)N(C)C2. The van der Waals surface area contributed by atoms with Gasteiger partial charge in [0.1, 0.15) is 0 Å². The maximum absolute atomic E-state index is 11.5. The lowest BCUT2D eigenvalue weighted by atomic mass is 9.99. The van der Waals surface area contributed by atoms with Gasteiger partial charge in [0.25, 0.3) is 0 Å². The van der Waals surface area contributed by atoms with Crippen molar-refractivity contribution in [2.45, 2.75) is 12.5 Å². The molecule has 2 heterocycles. The molecule has 0 spiro atoms. The van der Waals surface area contributed by atoms with Crippen LogP contribution < -0.4 is 0 Å². The average molecular weight is 168 g/mol. The molecule has 2 bridgehead atoms. The first-order valence-electron chi connectivity index (χ1n) is 4.13. The van der Waals surface area contributed by atoms with E-state index in [0.29, 0.717) is 0 Å². The van der Waals surface area contributed by atoms with Crippen LogP contribution >= 0.6 is 0 Å². The third-order valence-electron chi connectivity index (χ3n) is 2.84. The van der Waals surface area contributed by atoms with E-state index in [2.05, 4.69) is 0 Å². The molecule has 2 amide bonds. The molecule has 0 aromatic heterocycles. The van der Waals surface area contributed by atoms with Gasteiger partial charge in [-0.2, -0.15) is 0 Å². The Kier molecular flexibility index (Phi) is 1.48. The number of likely N-dealkylation sites (N-methyl/N-ethyl adjacent to an activating group) is 2. The zero-order chi connectivity index (χ0) is 8.88. The van der Waals surface area contributed by atoms with Crippen molar-refractivity contribution in [2.24, 2.45) is 5.92 Å². The molecule has 2 fully saturated rings. The van der Waals surface area contributed by atoms with E-state index in [0.717, 1.165) is 13.0 Å². The van der Waals surface area contributed by atoms with Crippen LogP contribution in [0.15, 0.2) is 0 Å². The number of imide groups is 1. The van der Waals surface area contributed by atoms with Crippen LogP contribution in [-0.2, 0) is 9.59 Å². The maximum Gasteiger partial charge on any atom is 0.246 e. The van der Waals surface area contributed by atoms with E-state index in [1.54, 1.807) is 7.05 Å². The second-order valence-electron chi connectivity index (χ2n) is 3.62. The number of hydrogen-bond donors (Lipinski definition) is 0. The summed E-state index contributed by atoms with van der Waals surface area (Å²) in [7, 11) is 3.47. The molecule has 2 rings (SSSR count). The van der Waals surface area contributed by atoms with Gasteiger partial charge in [-0.25, -0.2) is 0 Å². The molecule has 0 saturated carbocycles. The average Bonchev–Trinajstić information content (AvgIpc) is 2.39. The minimum atomic E-state index is -0.0451. The molecule has 0 aliphatic carbocycles. The first kappa shape index (κ1) is 7.73. The molecule has 4 nitrogen and oxygen atoms in total. The van der Waals surface area contributed by atoms with Gasteiger partial charge < -0.3 is 0 Å². The Bertz CT molecular complexity index is 251. The van der Waals surface area contributed by atoms with E-state index >= 15 is 0 Å². The largest absolute Gasteiger partial charge is 0.294 e. The van der Waals surface area contributed by atoms with Gasteiger partial charge in [-0.3, -0.25) is 19.4 Å². The van der Waals surface area contributed by atoms with Gasteiger partial charge in [-0.05, 0) is 13.5 Å². The molecule has 66 valence electrons. The molecule has 12 heavy (non-hydrogen) atoms. The first-order chi connectivity index (χ1) is 5.61. The first-order valence-corrected chi connectivity index (χ1v) is 4.13. The van der Waals surface area contributed by atoms with Crippen LogP contribution in [0.4, 0.5) is 0 Å². The molecule has 2 aliphatic rings. The van der Waals surface area contributed by atoms with Gasteiger partial charge in [0, 0.05) is 13.6 Å². The molecular formula is C8H12N2O2. The third kappa shape index (κ3) is 0.813. The summed E-state index contributed by atoms with van der Waals surface area (Å²) < 4.78 is 0. The minimum Gasteiger partial charge on any atom is -0.294 e. The monoisotopic (exact) mass is 168 g/mol. The molecule has 0 aromatic rings. The summed E-state index contributed by atoms with van der Waals surface area (Å²) in [6.45, 7) is 0.736. The predicted octanol–water partition coefficient (Wildman–Crippen LogP) is -0.695. The van der Waals surface area contributed by atoms with Gasteiger partial charge in [-0.1, -0.05) is 0 Å². The fourth-order valence-corrected chi connectivity index (χ4v) is 2.07. The molecule has 0 aromatic carbocycles. The number of carbonyl (C=O) groups is 2. The predicted molar refractivity (Wildman–Crippen MR) is 42.3 cm³/mol. The summed E-state index contributed by atoms with van der Waals surface area (Å²) in [6, 6.07) is -0.0438. The van der Waals surface area contributed by atoms with E-state index in [4.69, 9.17) is 0 Å². The van der Waals surface area contributed by atoms with E-state index in [1.165, 1.54) is 4.90 Å². The Morgan fingerprint density at radius 2 is 1.92 bits per heavy atom. The molecule has 2 aliphatic heterocycles. The lowest BCUT2D eigenvalue weighted by molar-refractivity contribution is -0.149. The summed E-state index contributed by atoms with van der Waals surface area (Å²) in [6.07, 6.45) is 0.721. The Morgan fingerprint density at radius 1 is 1.25 bits per heavy atom. The zero-order valence-corrected chi connectivity index (χ0v) is 7.28. The van der Waals surface area contributed by atoms with E-state index in [1.807, 2.05) is 11.9 Å². The summed E-state index contributed by atoms with van der Waals surface area (Å²) >= 11 is 0. The second kappa shape index (κ2) is 2.29. The van der Waals surface area contributed by atoms with Gasteiger partial charge in [0.15, 0.2) is 0 Å². The van der Waals surface area contributed by atoms with Gasteiger partial charge in [0.05, 0.1) is 12.0 Å². The van der Waals surface area contributed by atoms with Crippen LogP contribution in [0.5, 0.6) is 0 Å². The minimum absolute atomic E-state index is 0.0133. The van der Waals surface area contributed by atoms with Crippen LogP contribution in [-0.4, -0.2) is 48.3 Å². The molecule has 2 saturated heterocycles. The van der Waals surface area contributed by atoms with Crippen molar-refractivity contribution in [3.8, 4) is 0 Å². The van der Waals surface area contributed by atoms with Gasteiger partial charge >= 0.3 is 0 Å². The summed E-state index contributed by atoms with van der Waals surface area (Å²) in [5.74, 6) is -0.000417. The Hall–Kier alpha value is -0.900. The highest BCUT2D eigenvalue weighted by molar-refractivity contribution is 6.02. The van der Waals surface area contributed by atoms with Crippen LogP contribution in [0, 0.1) is 5.92 Å². The van der Waals surface area contributed by atoms with Gasteiger partial charge in [0.2, 0.25) is 11.8 Å². The number of piperidine rings is 1. The van der Waals surface area contributed by atoms with Gasteiger partial charge in [-0.15, -0.1) is 0 Å². The maximum atomic E-state index is 11.5. The highest BCUT2D eigenvalue weighted by Gasteiger charge is 2.46. The summed E-state index contributed by atoms with van der Waals surface area (Å²) in [5, 5.41) is 0. The molecule has 0 radical (unpaired) electrons. The number of carbonyl (C=O) groups excluding carboxylic acids is 2. The number of likely N-dealkylation sites (tertiary alicyclic amines) is 2. The van der Waals surface area contributed by atoms with E-state index in [9.17, 15) is 9.59 Å². The highest BCUT2D eigenvalue weighted by Crippen LogP contribution is 2.29. The van der Waals surface area contributed by atoms with Crippen molar-refractivity contribution in [1.82, 2.24) is 9.80 Å². The topological polar surface area (TPSA) is 40.6 Å². The van der Waals surface area contributed by atoms with Crippen LogP contribution in [0.2, 0.25) is 0 Å². The smallest absolute Gasteiger partial charge is 0.246 e. The van der Waals surface area contributed by atoms with E-state index < -0.39 is 0 Å². The molecular weight excluding hydrogens is 156 g/mol. The number of hydrogen-bond acceptors (Lipinski definition) is 3. The van der Waals surface area contributed by atoms with Crippen molar-refractivity contribution in [3.05, 3.63) is 0 Å². The van der Waals surface area contributed by atoms with Crippen molar-refractivity contribution in [2.75, 3.05) is 20.6 Å². The fourth-order valence-electron chi connectivity index (χ4n) is 2.07. The van der Waals surface area contributed by atoms with Crippen LogP contribution in [0.1, 0.15) is 6.42 Å². The Balaban J connectivity index is 2.32. The number of rotatable bonds is 0. The highest BCUT2D eigenvalue weighted by atomic mass is 16.2. The number of amides is 2. The lowest BCUT2D eigenvalue weighted by Crippen LogP contribution is -2.48. The van der Waals surface area contributed by atoms with Crippen molar-refractivity contribution < 1.29 is 9.59 Å². The van der Waals surface area contributed by atoms with Crippen molar-refractivity contribution in [3.63, 3.8) is 0 Å². The number of nitrogens with zero attached hydrogens (tertiary/aromatic N) is 2. The van der Waals surface area contributed by atoms with Crippen LogP contribution in [0.25, 0.3) is 0 Å². The fraction of sp³-hybridized carbons (Fsp3) is 0.750. The normalized spacial score (nSPS) is 36.3. The van der Waals surface area contributed by atoms with Crippen molar-refractivity contribution in [1.29, 1.82) is 0 Å². The molecule has 0 N–H and O–H groups in total. The second-order valence-corrected chi connectivity index (χ2v) is 3.62. The number of fused-ring (bicyclic) bond motifs is 2. The Morgan fingerprint density at radius 3 is 2.58 bits per heavy atom. The third-order valence-corrected chi connectivity index (χ3v) is 2.84. The quantitative estimate of drug-likeness (QED) is 0.449. The summed E-state index contributed by atoms with van der Waals surface area (Å²) in [5.41, 5.74) is 0. The van der Waals surface area contributed by atoms with E-state index in [-0.39, 0.29) is 23.8 Å². The molecule has 2 unspecified atom stereocenters. The molecule has 4 heteroatoms.